The first kappa shape index (κ1) is 14.6. The summed E-state index contributed by atoms with van der Waals surface area (Å²) in [5.41, 5.74) is 0. The molecule has 100 valence electrons. The molecule has 1 aromatic carbocycles. The van der Waals surface area contributed by atoms with E-state index in [1.54, 1.807) is 11.8 Å². The monoisotopic (exact) mass is 302 g/mol. The Bertz CT molecular complexity index is 367. The van der Waals surface area contributed by atoms with E-state index in [4.69, 9.17) is 11.6 Å². The SMILES string of the molecule is OC(CSc1ccccc1Cl)CSC1CCCC1. The Labute approximate surface area is 123 Å². The van der Waals surface area contributed by atoms with Gasteiger partial charge in [0.05, 0.1) is 11.1 Å². The fourth-order valence-corrected chi connectivity index (χ4v) is 4.70. The lowest BCUT2D eigenvalue weighted by atomic mass is 10.4. The summed E-state index contributed by atoms with van der Waals surface area (Å²) in [5, 5.41) is 11.5. The molecule has 1 N–H and O–H groups in total. The Morgan fingerprint density at radius 3 is 2.67 bits per heavy atom. The molecule has 0 spiro atoms. The van der Waals surface area contributed by atoms with E-state index in [9.17, 15) is 5.11 Å². The maximum absolute atomic E-state index is 9.98. The lowest BCUT2D eigenvalue weighted by Gasteiger charge is -2.13. The highest BCUT2D eigenvalue weighted by Crippen LogP contribution is 2.31. The minimum atomic E-state index is -0.239. The molecular weight excluding hydrogens is 284 g/mol. The Hall–Kier alpha value is 0.170. The molecule has 0 aliphatic heterocycles. The van der Waals surface area contributed by atoms with Gasteiger partial charge in [0.25, 0.3) is 0 Å². The van der Waals surface area contributed by atoms with Crippen molar-refractivity contribution in [2.45, 2.75) is 41.9 Å². The average molecular weight is 303 g/mol. The molecule has 4 heteroatoms. The van der Waals surface area contributed by atoms with Crippen LogP contribution in [-0.2, 0) is 0 Å². The first-order valence-corrected chi connectivity index (χ1v) is 8.84. The van der Waals surface area contributed by atoms with Crippen LogP contribution in [0.25, 0.3) is 0 Å². The van der Waals surface area contributed by atoms with Crippen molar-refractivity contribution in [3.63, 3.8) is 0 Å². The number of halogens is 1. The Balaban J connectivity index is 1.68. The summed E-state index contributed by atoms with van der Waals surface area (Å²) in [6.45, 7) is 0. The van der Waals surface area contributed by atoms with E-state index >= 15 is 0 Å². The van der Waals surface area contributed by atoms with Crippen molar-refractivity contribution in [3.05, 3.63) is 29.3 Å². The topological polar surface area (TPSA) is 20.2 Å². The minimum Gasteiger partial charge on any atom is -0.391 e. The van der Waals surface area contributed by atoms with Gasteiger partial charge < -0.3 is 5.11 Å². The third-order valence-corrected chi connectivity index (χ3v) is 6.27. The molecule has 1 unspecified atom stereocenters. The van der Waals surface area contributed by atoms with Gasteiger partial charge in [-0.25, -0.2) is 0 Å². The largest absolute Gasteiger partial charge is 0.391 e. The number of rotatable bonds is 6. The van der Waals surface area contributed by atoms with E-state index in [2.05, 4.69) is 0 Å². The maximum Gasteiger partial charge on any atom is 0.0724 e. The molecular formula is C14H19ClOS2. The van der Waals surface area contributed by atoms with Crippen LogP contribution < -0.4 is 0 Å². The van der Waals surface area contributed by atoms with Crippen LogP contribution >= 0.6 is 35.1 Å². The molecule has 0 bridgehead atoms. The van der Waals surface area contributed by atoms with Gasteiger partial charge in [0.1, 0.15) is 0 Å². The fourth-order valence-electron chi connectivity index (χ4n) is 2.10. The molecule has 0 amide bonds. The summed E-state index contributed by atoms with van der Waals surface area (Å²) in [5.74, 6) is 1.57. The van der Waals surface area contributed by atoms with Crippen LogP contribution in [0, 0.1) is 0 Å². The second-order valence-electron chi connectivity index (χ2n) is 4.64. The van der Waals surface area contributed by atoms with Gasteiger partial charge in [0, 0.05) is 21.7 Å². The molecule has 0 heterocycles. The Morgan fingerprint density at radius 1 is 1.22 bits per heavy atom. The Kier molecular flexibility index (Phi) is 6.22. The predicted molar refractivity (Wildman–Crippen MR) is 82.9 cm³/mol. The highest BCUT2D eigenvalue weighted by Gasteiger charge is 2.17. The summed E-state index contributed by atoms with van der Waals surface area (Å²) >= 11 is 9.66. The average Bonchev–Trinajstić information content (AvgIpc) is 2.88. The molecule has 0 aromatic heterocycles. The van der Waals surface area contributed by atoms with Crippen molar-refractivity contribution in [2.75, 3.05) is 11.5 Å². The standard InChI is InChI=1S/C14H19ClOS2/c15-13-7-3-4-8-14(13)18-10-11(16)9-17-12-5-1-2-6-12/h3-4,7-8,11-12,16H,1-2,5-6,9-10H2. The number of benzene rings is 1. The van der Waals surface area contributed by atoms with Gasteiger partial charge in [-0.15, -0.1) is 11.8 Å². The van der Waals surface area contributed by atoms with E-state index in [1.165, 1.54) is 25.7 Å². The molecule has 1 fully saturated rings. The lowest BCUT2D eigenvalue weighted by Crippen LogP contribution is -2.15. The van der Waals surface area contributed by atoms with Gasteiger partial charge in [-0.3, -0.25) is 0 Å². The highest BCUT2D eigenvalue weighted by molar-refractivity contribution is 8.00. The third kappa shape index (κ3) is 4.69. The fraction of sp³-hybridized carbons (Fsp3) is 0.571. The summed E-state index contributed by atoms with van der Waals surface area (Å²) in [6, 6.07) is 7.81. The van der Waals surface area contributed by atoms with Crippen LogP contribution in [0.1, 0.15) is 25.7 Å². The van der Waals surface area contributed by atoms with Gasteiger partial charge in [-0.1, -0.05) is 36.6 Å². The lowest BCUT2D eigenvalue weighted by molar-refractivity contribution is 0.225. The van der Waals surface area contributed by atoms with E-state index < -0.39 is 0 Å². The van der Waals surface area contributed by atoms with Crippen molar-refractivity contribution >= 4 is 35.1 Å². The first-order chi connectivity index (χ1) is 8.75. The van der Waals surface area contributed by atoms with Crippen LogP contribution in [0.15, 0.2) is 29.2 Å². The molecule has 0 saturated heterocycles. The molecule has 0 radical (unpaired) electrons. The molecule has 18 heavy (non-hydrogen) atoms. The van der Waals surface area contributed by atoms with Gasteiger partial charge >= 0.3 is 0 Å². The van der Waals surface area contributed by atoms with Crippen LogP contribution in [0.5, 0.6) is 0 Å². The second kappa shape index (κ2) is 7.68. The number of thioether (sulfide) groups is 2. The molecule has 1 aromatic rings. The summed E-state index contributed by atoms with van der Waals surface area (Å²) in [6.07, 6.45) is 5.14. The zero-order valence-corrected chi connectivity index (χ0v) is 12.7. The van der Waals surface area contributed by atoms with Crippen LogP contribution in [0.4, 0.5) is 0 Å². The smallest absolute Gasteiger partial charge is 0.0724 e. The van der Waals surface area contributed by atoms with Gasteiger partial charge in [-0.05, 0) is 25.0 Å². The quantitative estimate of drug-likeness (QED) is 0.783. The number of aliphatic hydroxyl groups is 1. The normalized spacial score (nSPS) is 18.1. The summed E-state index contributed by atoms with van der Waals surface area (Å²) < 4.78 is 0. The van der Waals surface area contributed by atoms with E-state index in [0.29, 0.717) is 0 Å². The maximum atomic E-state index is 9.98. The zero-order valence-electron chi connectivity index (χ0n) is 10.3. The second-order valence-corrected chi connectivity index (χ2v) is 7.44. The Morgan fingerprint density at radius 2 is 1.94 bits per heavy atom. The van der Waals surface area contributed by atoms with Gasteiger partial charge in [0.15, 0.2) is 0 Å². The minimum absolute atomic E-state index is 0.239. The van der Waals surface area contributed by atoms with Crippen LogP contribution in [-0.4, -0.2) is 28.0 Å². The van der Waals surface area contributed by atoms with Crippen molar-refractivity contribution < 1.29 is 5.11 Å². The van der Waals surface area contributed by atoms with Crippen molar-refractivity contribution in [1.29, 1.82) is 0 Å². The first-order valence-electron chi connectivity index (χ1n) is 6.42. The van der Waals surface area contributed by atoms with Crippen molar-refractivity contribution in [1.82, 2.24) is 0 Å². The molecule has 2 rings (SSSR count). The predicted octanol–water partition coefficient (Wildman–Crippen LogP) is 4.47. The van der Waals surface area contributed by atoms with Crippen LogP contribution in [0.3, 0.4) is 0 Å². The molecule has 1 saturated carbocycles. The number of aliphatic hydroxyl groups excluding tert-OH is 1. The molecule has 1 atom stereocenters. The summed E-state index contributed by atoms with van der Waals surface area (Å²) in [7, 11) is 0. The number of hydrogen-bond donors (Lipinski definition) is 1. The van der Waals surface area contributed by atoms with Crippen LogP contribution in [0.2, 0.25) is 5.02 Å². The van der Waals surface area contributed by atoms with Crippen molar-refractivity contribution in [3.8, 4) is 0 Å². The highest BCUT2D eigenvalue weighted by atomic mass is 35.5. The number of hydrogen-bond acceptors (Lipinski definition) is 3. The molecule has 1 aliphatic rings. The van der Waals surface area contributed by atoms with E-state index in [0.717, 1.165) is 26.7 Å². The van der Waals surface area contributed by atoms with E-state index in [1.807, 2.05) is 36.0 Å². The zero-order chi connectivity index (χ0) is 12.8. The van der Waals surface area contributed by atoms with Crippen molar-refractivity contribution in [2.24, 2.45) is 0 Å². The van der Waals surface area contributed by atoms with E-state index in [-0.39, 0.29) is 6.10 Å². The van der Waals surface area contributed by atoms with Gasteiger partial charge in [0.2, 0.25) is 0 Å². The van der Waals surface area contributed by atoms with Gasteiger partial charge in [-0.2, -0.15) is 11.8 Å². The summed E-state index contributed by atoms with van der Waals surface area (Å²) in [4.78, 5) is 1.06. The molecule has 1 aliphatic carbocycles. The third-order valence-electron chi connectivity index (χ3n) is 3.09. The molecule has 1 nitrogen and oxygen atoms in total.